The normalized spacial score (nSPS) is 13.6. The van der Waals surface area contributed by atoms with E-state index in [-0.39, 0.29) is 23.1 Å². The topological polar surface area (TPSA) is 19.6 Å². The lowest BCUT2D eigenvalue weighted by molar-refractivity contribution is 0.590. The van der Waals surface area contributed by atoms with E-state index in [1.54, 1.807) is 0 Å². The van der Waals surface area contributed by atoms with Crippen LogP contribution in [0.4, 0.5) is 28.4 Å². The van der Waals surface area contributed by atoms with E-state index in [0.29, 0.717) is 0 Å². The van der Waals surface area contributed by atoms with Gasteiger partial charge in [-0.05, 0) is 177 Å². The van der Waals surface area contributed by atoms with Crippen LogP contribution in [-0.4, -0.2) is 6.85 Å². The zero-order valence-electron chi connectivity index (χ0n) is 42.2. The summed E-state index contributed by atoms with van der Waals surface area (Å²) in [5.74, 6) is 0. The number of hydrogen-bond donors (Lipinski definition) is 0. The van der Waals surface area contributed by atoms with Crippen LogP contribution in [0.5, 0.6) is 0 Å². The highest BCUT2D eigenvalue weighted by Crippen LogP contribution is 2.52. The first-order valence-electron chi connectivity index (χ1n) is 24.5. The Morgan fingerprint density at radius 1 is 0.426 bits per heavy atom. The van der Waals surface area contributed by atoms with Crippen molar-refractivity contribution in [2.75, 3.05) is 9.71 Å². The van der Waals surface area contributed by atoms with E-state index in [9.17, 15) is 0 Å². The van der Waals surface area contributed by atoms with E-state index in [4.69, 9.17) is 4.42 Å². The largest absolute Gasteiger partial charge is 0.455 e. The standard InChI is InChI=1S/C64H63BN2O/c1-38-17-14-18-39(2)57(38)42-21-16-22-48(33-42)66-54-34-43(58-40(3)19-15-20-41(58)4)23-30-52(54)65-60-55(66)37-50-49-35-46(64(11,12)13)27-32-56(49)68-61(50)59(60)51-36-45(63(8,9)10)26-31-53(51)67(65)47-28-24-44(25-29-47)62(5,6)7/h14-37H,1-13H3. The summed E-state index contributed by atoms with van der Waals surface area (Å²) in [5, 5.41) is 2.29. The van der Waals surface area contributed by atoms with Crippen molar-refractivity contribution in [1.82, 2.24) is 0 Å². The first kappa shape index (κ1) is 43.8. The lowest BCUT2D eigenvalue weighted by atomic mass is 9.43. The second kappa shape index (κ2) is 15.4. The minimum atomic E-state index is -0.170. The van der Waals surface area contributed by atoms with Gasteiger partial charge in [-0.3, -0.25) is 0 Å². The number of aryl methyl sites for hydroxylation is 4. The zero-order valence-corrected chi connectivity index (χ0v) is 42.2. The molecular weight excluding hydrogens is 824 g/mol. The van der Waals surface area contributed by atoms with Crippen molar-refractivity contribution in [1.29, 1.82) is 0 Å². The van der Waals surface area contributed by atoms with Gasteiger partial charge < -0.3 is 14.1 Å². The minimum Gasteiger partial charge on any atom is -0.455 e. The molecule has 68 heavy (non-hydrogen) atoms. The van der Waals surface area contributed by atoms with E-state index in [1.165, 1.54) is 106 Å². The predicted molar refractivity (Wildman–Crippen MR) is 293 cm³/mol. The van der Waals surface area contributed by atoms with Crippen molar-refractivity contribution in [3.63, 3.8) is 0 Å². The van der Waals surface area contributed by atoms with Crippen molar-refractivity contribution in [3.05, 3.63) is 185 Å². The van der Waals surface area contributed by atoms with Crippen LogP contribution >= 0.6 is 0 Å². The zero-order chi connectivity index (χ0) is 47.8. The molecule has 0 N–H and O–H groups in total. The molecule has 2 aliphatic rings. The average molecular weight is 887 g/mol. The molecule has 11 rings (SSSR count). The van der Waals surface area contributed by atoms with E-state index in [2.05, 4.69) is 245 Å². The molecule has 0 bridgehead atoms. The molecule has 0 unspecified atom stereocenters. The van der Waals surface area contributed by atoms with Crippen LogP contribution in [-0.2, 0) is 16.2 Å². The Hall–Kier alpha value is -6.78. The molecular formula is C64H63BN2O. The molecule has 9 aromatic rings. The number of anilines is 5. The second-order valence-electron chi connectivity index (χ2n) is 22.9. The van der Waals surface area contributed by atoms with Crippen LogP contribution in [0, 0.1) is 27.7 Å². The Morgan fingerprint density at radius 2 is 0.985 bits per heavy atom. The molecule has 3 heterocycles. The summed E-state index contributed by atoms with van der Waals surface area (Å²) in [4.78, 5) is 5.22. The van der Waals surface area contributed by atoms with Crippen LogP contribution < -0.4 is 20.6 Å². The van der Waals surface area contributed by atoms with E-state index < -0.39 is 0 Å². The molecule has 0 atom stereocenters. The molecule has 0 saturated heterocycles. The van der Waals surface area contributed by atoms with Crippen molar-refractivity contribution in [3.8, 4) is 33.4 Å². The lowest BCUT2D eigenvalue weighted by Gasteiger charge is -2.46. The molecule has 2 aliphatic heterocycles. The van der Waals surface area contributed by atoms with Crippen LogP contribution in [0.3, 0.4) is 0 Å². The molecule has 3 nitrogen and oxygen atoms in total. The van der Waals surface area contributed by atoms with Crippen molar-refractivity contribution < 1.29 is 4.42 Å². The summed E-state index contributed by atoms with van der Waals surface area (Å²) in [6.07, 6.45) is 0. The van der Waals surface area contributed by atoms with Gasteiger partial charge in [0.25, 0.3) is 0 Å². The Morgan fingerprint density at radius 3 is 1.60 bits per heavy atom. The number of hydrogen-bond acceptors (Lipinski definition) is 3. The number of rotatable bonds is 4. The number of benzene rings is 8. The van der Waals surface area contributed by atoms with E-state index in [0.717, 1.165) is 27.6 Å². The Balaban J connectivity index is 1.31. The summed E-state index contributed by atoms with van der Waals surface area (Å²) in [5.41, 5.74) is 26.5. The van der Waals surface area contributed by atoms with Gasteiger partial charge in [-0.25, -0.2) is 0 Å². The highest BCUT2D eigenvalue weighted by molar-refractivity contribution is 6.94. The van der Waals surface area contributed by atoms with Gasteiger partial charge in [0, 0.05) is 50.3 Å². The molecule has 0 fully saturated rings. The van der Waals surface area contributed by atoms with Crippen molar-refractivity contribution in [2.45, 2.75) is 106 Å². The summed E-state index contributed by atoms with van der Waals surface area (Å²) in [6.45, 7) is 29.6. The van der Waals surface area contributed by atoms with Gasteiger partial charge in [0.15, 0.2) is 0 Å². The SMILES string of the molecule is Cc1cccc(C)c1-c1cccc(N2c3cc(-c4c(C)cccc4C)ccc3B3c4c2cc2c(oc5ccc(C(C)(C)C)cc52)c4-c2cc(C(C)(C)C)ccc2N3c2ccc(C(C)(C)C)cc2)c1. The van der Waals surface area contributed by atoms with Crippen molar-refractivity contribution >= 4 is 68.1 Å². The summed E-state index contributed by atoms with van der Waals surface area (Å²) < 4.78 is 7.27. The third-order valence-corrected chi connectivity index (χ3v) is 15.0. The lowest BCUT2D eigenvalue weighted by Crippen LogP contribution is -2.61. The first-order chi connectivity index (χ1) is 32.3. The minimum absolute atomic E-state index is 0.0207. The van der Waals surface area contributed by atoms with Gasteiger partial charge >= 0.3 is 6.85 Å². The third kappa shape index (κ3) is 6.93. The maximum Gasteiger partial charge on any atom is 0.333 e. The van der Waals surface area contributed by atoms with Gasteiger partial charge in [-0.15, -0.1) is 0 Å². The Bertz CT molecular complexity index is 3470. The maximum absolute atomic E-state index is 7.27. The van der Waals surface area contributed by atoms with Crippen LogP contribution in [0.25, 0.3) is 55.3 Å². The van der Waals surface area contributed by atoms with Gasteiger partial charge in [-0.2, -0.15) is 0 Å². The molecule has 0 saturated carbocycles. The summed E-state index contributed by atoms with van der Waals surface area (Å²) in [6, 6.07) is 55.8. The fourth-order valence-corrected chi connectivity index (χ4v) is 11.4. The smallest absolute Gasteiger partial charge is 0.333 e. The highest BCUT2D eigenvalue weighted by Gasteiger charge is 2.47. The highest BCUT2D eigenvalue weighted by atomic mass is 16.3. The third-order valence-electron chi connectivity index (χ3n) is 15.0. The van der Waals surface area contributed by atoms with Gasteiger partial charge in [0.1, 0.15) is 11.2 Å². The Kier molecular flexibility index (Phi) is 9.90. The average Bonchev–Trinajstić information content (AvgIpc) is 3.65. The molecule has 0 radical (unpaired) electrons. The van der Waals surface area contributed by atoms with Crippen LogP contribution in [0.15, 0.2) is 150 Å². The molecule has 338 valence electrons. The van der Waals surface area contributed by atoms with Gasteiger partial charge in [0.2, 0.25) is 0 Å². The predicted octanol–water partition coefficient (Wildman–Crippen LogP) is 16.8. The fourth-order valence-electron chi connectivity index (χ4n) is 11.4. The molecule has 8 aromatic carbocycles. The molecule has 4 heteroatoms. The monoisotopic (exact) mass is 887 g/mol. The summed E-state index contributed by atoms with van der Waals surface area (Å²) >= 11 is 0. The second-order valence-corrected chi connectivity index (χ2v) is 22.9. The van der Waals surface area contributed by atoms with Crippen LogP contribution in [0.1, 0.15) is 101 Å². The van der Waals surface area contributed by atoms with Crippen molar-refractivity contribution in [2.24, 2.45) is 0 Å². The molecule has 0 aliphatic carbocycles. The van der Waals surface area contributed by atoms with Gasteiger partial charge in [0.05, 0.1) is 0 Å². The molecule has 0 amide bonds. The fraction of sp³-hybridized carbons (Fsp3) is 0.250. The first-order valence-corrected chi connectivity index (χ1v) is 24.5. The maximum atomic E-state index is 7.27. The Labute approximate surface area is 404 Å². The summed E-state index contributed by atoms with van der Waals surface area (Å²) in [7, 11) is 0. The number of fused-ring (bicyclic) bond motifs is 8. The molecule has 0 spiro atoms. The van der Waals surface area contributed by atoms with Gasteiger partial charge in [-0.1, -0.05) is 147 Å². The number of furan rings is 1. The van der Waals surface area contributed by atoms with E-state index in [1.807, 2.05) is 0 Å². The molecule has 1 aromatic heterocycles. The number of nitrogens with zero attached hydrogens (tertiary/aromatic N) is 2. The van der Waals surface area contributed by atoms with Crippen LogP contribution in [0.2, 0.25) is 0 Å². The quantitative estimate of drug-likeness (QED) is 0.164. The van der Waals surface area contributed by atoms with E-state index >= 15 is 0 Å².